The number of benzene rings is 1. The van der Waals surface area contributed by atoms with Crippen LogP contribution >= 0.6 is 0 Å². The molecule has 0 aliphatic carbocycles. The van der Waals surface area contributed by atoms with Crippen molar-refractivity contribution >= 4 is 17.4 Å². The van der Waals surface area contributed by atoms with E-state index < -0.39 is 11.6 Å². The van der Waals surface area contributed by atoms with Crippen LogP contribution in [0, 0.1) is 12.3 Å². The van der Waals surface area contributed by atoms with Gasteiger partial charge in [0.2, 0.25) is 0 Å². The van der Waals surface area contributed by atoms with Gasteiger partial charge in [-0.05, 0) is 51.5 Å². The fourth-order valence-corrected chi connectivity index (χ4v) is 2.93. The normalized spacial score (nSPS) is 10.6. The van der Waals surface area contributed by atoms with Crippen molar-refractivity contribution in [1.29, 1.82) is 5.41 Å². The molecule has 9 nitrogen and oxygen atoms in total. The van der Waals surface area contributed by atoms with Crippen LogP contribution in [0.5, 0.6) is 11.5 Å². The Bertz CT molecular complexity index is 997. The molecule has 2 aromatic rings. The third kappa shape index (κ3) is 7.34. The number of carboxylic acids is 1. The summed E-state index contributed by atoms with van der Waals surface area (Å²) in [6.07, 6.45) is 1.36. The summed E-state index contributed by atoms with van der Waals surface area (Å²) in [6, 6.07) is 6.61. The summed E-state index contributed by atoms with van der Waals surface area (Å²) in [4.78, 5) is 28.5. The van der Waals surface area contributed by atoms with E-state index in [0.717, 1.165) is 6.42 Å². The molecule has 1 heterocycles. The first-order valence-electron chi connectivity index (χ1n) is 11.1. The number of nitrogens with one attached hydrogen (secondary N) is 2. The topological polar surface area (TPSA) is 127 Å². The molecule has 2 rings (SSSR count). The minimum absolute atomic E-state index is 0.234. The lowest BCUT2D eigenvalue weighted by atomic mass is 10.1. The number of carboxylic acid groups (broad SMARTS) is 1. The first-order valence-corrected chi connectivity index (χ1v) is 11.1. The lowest BCUT2D eigenvalue weighted by Gasteiger charge is -2.21. The van der Waals surface area contributed by atoms with Crippen LogP contribution in [0.3, 0.4) is 0 Å². The van der Waals surface area contributed by atoms with Gasteiger partial charge in [0, 0.05) is 7.05 Å². The fourth-order valence-electron chi connectivity index (χ4n) is 2.93. The van der Waals surface area contributed by atoms with Gasteiger partial charge < -0.3 is 25.3 Å². The Hall–Kier alpha value is -3.36. The minimum Gasteiger partial charge on any atom is -0.492 e. The molecule has 1 aromatic heterocycles. The summed E-state index contributed by atoms with van der Waals surface area (Å²) in [6.45, 7) is 11.2. The van der Waals surface area contributed by atoms with Crippen LogP contribution in [0.2, 0.25) is 0 Å². The van der Waals surface area contributed by atoms with Crippen molar-refractivity contribution in [3.63, 3.8) is 0 Å². The van der Waals surface area contributed by atoms with Crippen LogP contribution in [0.4, 0.5) is 5.69 Å². The van der Waals surface area contributed by atoms with Crippen LogP contribution in [-0.4, -0.2) is 45.6 Å². The average molecular weight is 461 g/mol. The number of carbonyl (C=O) groups is 1. The highest BCUT2D eigenvalue weighted by molar-refractivity contribution is 6.00. The Morgan fingerprint density at radius 1 is 1.21 bits per heavy atom. The molecular formula is C24H36N4O5. The number of nitrogens with zero attached hydrogens (tertiary/aromatic N) is 2. The molecular weight excluding hydrogens is 424 g/mol. The maximum absolute atomic E-state index is 12.9. The number of hydrogen-bond acceptors (Lipinski definition) is 7. The van der Waals surface area contributed by atoms with Gasteiger partial charge in [0.15, 0.2) is 5.60 Å². The Balaban J connectivity index is 0.00000265. The van der Waals surface area contributed by atoms with Gasteiger partial charge in [-0.1, -0.05) is 27.2 Å². The number of hydrogen-bond donors (Lipinski definition) is 3. The van der Waals surface area contributed by atoms with E-state index in [0.29, 0.717) is 40.8 Å². The fraction of sp³-hybridized carbons (Fsp3) is 0.500. The van der Waals surface area contributed by atoms with E-state index in [1.54, 1.807) is 38.2 Å². The molecule has 1 aromatic carbocycles. The molecule has 0 bridgehead atoms. The van der Waals surface area contributed by atoms with E-state index in [9.17, 15) is 9.59 Å². The molecule has 182 valence electrons. The predicted molar refractivity (Wildman–Crippen MR) is 130 cm³/mol. The molecule has 0 atom stereocenters. The molecule has 0 radical (unpaired) electrons. The van der Waals surface area contributed by atoms with Gasteiger partial charge in [-0.2, -0.15) is 0 Å². The zero-order valence-electron chi connectivity index (χ0n) is 20.6. The summed E-state index contributed by atoms with van der Waals surface area (Å²) in [5.74, 6) is 0.441. The van der Waals surface area contributed by atoms with E-state index in [1.165, 1.54) is 18.4 Å². The number of aliphatic carboxylic acids is 1. The zero-order chi connectivity index (χ0) is 25.2. The van der Waals surface area contributed by atoms with E-state index in [1.807, 2.05) is 20.8 Å². The van der Waals surface area contributed by atoms with Gasteiger partial charge in [0.1, 0.15) is 35.3 Å². The highest BCUT2D eigenvalue weighted by atomic mass is 16.5. The SMILES string of the molecule is CC.CCCC(=N)c1nc(C)n(CCOc2ccc(OC(C)(C)C(=O)O)cc2)c(=O)c1NC. The Morgan fingerprint density at radius 2 is 1.79 bits per heavy atom. The van der Waals surface area contributed by atoms with Crippen molar-refractivity contribution in [2.24, 2.45) is 0 Å². The lowest BCUT2D eigenvalue weighted by Crippen LogP contribution is -2.37. The molecule has 0 aliphatic heterocycles. The summed E-state index contributed by atoms with van der Waals surface area (Å²) in [5.41, 5.74) is -0.535. The van der Waals surface area contributed by atoms with Crippen molar-refractivity contribution in [2.75, 3.05) is 19.0 Å². The van der Waals surface area contributed by atoms with Crippen molar-refractivity contribution in [1.82, 2.24) is 9.55 Å². The molecule has 0 aliphatic rings. The van der Waals surface area contributed by atoms with E-state index in [2.05, 4.69) is 10.3 Å². The second kappa shape index (κ2) is 12.6. The summed E-state index contributed by atoms with van der Waals surface area (Å²) in [7, 11) is 1.65. The van der Waals surface area contributed by atoms with Crippen LogP contribution in [-0.2, 0) is 11.3 Å². The van der Waals surface area contributed by atoms with E-state index >= 15 is 0 Å². The van der Waals surface area contributed by atoms with Gasteiger partial charge in [0.05, 0.1) is 12.3 Å². The van der Waals surface area contributed by atoms with Crippen LogP contribution in [0.15, 0.2) is 29.1 Å². The highest BCUT2D eigenvalue weighted by Gasteiger charge is 2.29. The van der Waals surface area contributed by atoms with Gasteiger partial charge in [-0.15, -0.1) is 0 Å². The quantitative estimate of drug-likeness (QED) is 0.431. The molecule has 33 heavy (non-hydrogen) atoms. The number of aromatic nitrogens is 2. The molecule has 0 saturated heterocycles. The second-order valence-electron chi connectivity index (χ2n) is 7.56. The van der Waals surface area contributed by atoms with E-state index in [-0.39, 0.29) is 18.7 Å². The maximum Gasteiger partial charge on any atom is 0.347 e. The second-order valence-corrected chi connectivity index (χ2v) is 7.56. The predicted octanol–water partition coefficient (Wildman–Crippen LogP) is 4.11. The zero-order valence-corrected chi connectivity index (χ0v) is 20.6. The first kappa shape index (κ1) is 27.7. The lowest BCUT2D eigenvalue weighted by molar-refractivity contribution is -0.152. The van der Waals surface area contributed by atoms with Crippen molar-refractivity contribution in [3.8, 4) is 11.5 Å². The van der Waals surface area contributed by atoms with Gasteiger partial charge >= 0.3 is 5.97 Å². The molecule has 0 unspecified atom stereocenters. The van der Waals surface area contributed by atoms with Crippen LogP contribution in [0.25, 0.3) is 0 Å². The van der Waals surface area contributed by atoms with Crippen LogP contribution < -0.4 is 20.3 Å². The standard InChI is InChI=1S/C22H30N4O5.C2H6/c1-6-7-17(23)18-19(24-5)20(27)26(14(2)25-18)12-13-30-15-8-10-16(11-9-15)31-22(3,4)21(28)29;1-2/h8-11,23-24H,6-7,12-13H2,1-5H3,(H,28,29);1-2H3. The largest absolute Gasteiger partial charge is 0.492 e. The van der Waals surface area contributed by atoms with Crippen molar-refractivity contribution in [3.05, 3.63) is 46.1 Å². The summed E-state index contributed by atoms with van der Waals surface area (Å²) < 4.78 is 12.7. The summed E-state index contributed by atoms with van der Waals surface area (Å²) in [5, 5.41) is 20.2. The van der Waals surface area contributed by atoms with Crippen LogP contribution in [0.1, 0.15) is 59.0 Å². The molecule has 0 fully saturated rings. The maximum atomic E-state index is 12.9. The monoisotopic (exact) mass is 460 g/mol. The Kier molecular flexibility index (Phi) is 10.6. The number of aryl methyl sites for hydroxylation is 1. The third-order valence-electron chi connectivity index (χ3n) is 4.69. The van der Waals surface area contributed by atoms with Crippen molar-refractivity contribution in [2.45, 2.75) is 66.5 Å². The average Bonchev–Trinajstić information content (AvgIpc) is 2.78. The first-order chi connectivity index (χ1) is 15.6. The Morgan fingerprint density at radius 3 is 2.30 bits per heavy atom. The minimum atomic E-state index is -1.33. The smallest absolute Gasteiger partial charge is 0.347 e. The van der Waals surface area contributed by atoms with Gasteiger partial charge in [-0.25, -0.2) is 9.78 Å². The Labute approximate surface area is 195 Å². The third-order valence-corrected chi connectivity index (χ3v) is 4.69. The highest BCUT2D eigenvalue weighted by Crippen LogP contribution is 2.22. The molecule has 3 N–H and O–H groups in total. The van der Waals surface area contributed by atoms with E-state index in [4.69, 9.17) is 20.0 Å². The van der Waals surface area contributed by atoms with Crippen molar-refractivity contribution < 1.29 is 19.4 Å². The molecule has 0 amide bonds. The van der Waals surface area contributed by atoms with Gasteiger partial charge in [-0.3, -0.25) is 9.36 Å². The van der Waals surface area contributed by atoms with Gasteiger partial charge in [0.25, 0.3) is 5.56 Å². The number of rotatable bonds is 11. The molecule has 9 heteroatoms. The number of anilines is 1. The molecule has 0 saturated carbocycles. The molecule has 0 spiro atoms. The number of ether oxygens (including phenoxy) is 2. The summed E-state index contributed by atoms with van der Waals surface area (Å²) >= 11 is 0.